The predicted molar refractivity (Wildman–Crippen MR) is 73.9 cm³/mol. The smallest absolute Gasteiger partial charge is 0.153 e. The van der Waals surface area contributed by atoms with E-state index in [2.05, 4.69) is 19.9 Å². The third-order valence-corrected chi connectivity index (χ3v) is 3.02. The minimum Gasteiger partial charge on any atom is -0.379 e. The fourth-order valence-corrected chi connectivity index (χ4v) is 2.00. The van der Waals surface area contributed by atoms with Gasteiger partial charge in [-0.2, -0.15) is 0 Å². The van der Waals surface area contributed by atoms with Gasteiger partial charge in [-0.05, 0) is 29.8 Å². The number of H-pyrrole nitrogens is 1. The van der Waals surface area contributed by atoms with Crippen LogP contribution in [0.2, 0.25) is 0 Å². The number of pyridine rings is 2. The van der Waals surface area contributed by atoms with Crippen LogP contribution in [0.25, 0.3) is 0 Å². The summed E-state index contributed by atoms with van der Waals surface area (Å²) in [5, 5.41) is 10.2. The van der Waals surface area contributed by atoms with Crippen molar-refractivity contribution >= 4 is 0 Å². The molecule has 3 aromatic rings. The molecule has 0 radical (unpaired) electrons. The second-order valence-electron chi connectivity index (χ2n) is 4.48. The molecule has 2 N–H and O–H groups in total. The van der Waals surface area contributed by atoms with Crippen LogP contribution in [0.1, 0.15) is 28.9 Å². The molecule has 0 aliphatic carbocycles. The van der Waals surface area contributed by atoms with Gasteiger partial charge in [0.1, 0.15) is 5.82 Å². The van der Waals surface area contributed by atoms with Crippen LogP contribution in [0.5, 0.6) is 0 Å². The van der Waals surface area contributed by atoms with E-state index < -0.39 is 6.10 Å². The summed E-state index contributed by atoms with van der Waals surface area (Å²) < 4.78 is 0. The van der Waals surface area contributed by atoms with E-state index in [0.29, 0.717) is 11.5 Å². The highest BCUT2D eigenvalue weighted by Gasteiger charge is 2.15. The quantitative estimate of drug-likeness (QED) is 0.756. The SMILES string of the molecule is OC(c1ccccn1)c1ncc(Cc2ccncc2)[nH]1. The van der Waals surface area contributed by atoms with Crippen molar-refractivity contribution in [2.75, 3.05) is 0 Å². The molecule has 1 atom stereocenters. The van der Waals surface area contributed by atoms with Crippen molar-refractivity contribution in [1.29, 1.82) is 0 Å². The Bertz CT molecular complexity index is 667. The molecule has 20 heavy (non-hydrogen) atoms. The lowest BCUT2D eigenvalue weighted by atomic mass is 10.1. The fourth-order valence-electron chi connectivity index (χ4n) is 2.00. The largest absolute Gasteiger partial charge is 0.379 e. The Labute approximate surface area is 116 Å². The van der Waals surface area contributed by atoms with Gasteiger partial charge in [-0.25, -0.2) is 4.98 Å². The van der Waals surface area contributed by atoms with Crippen molar-refractivity contribution in [3.63, 3.8) is 0 Å². The minimum atomic E-state index is -0.831. The molecule has 0 amide bonds. The van der Waals surface area contributed by atoms with Crippen LogP contribution >= 0.6 is 0 Å². The van der Waals surface area contributed by atoms with E-state index in [9.17, 15) is 5.11 Å². The first kappa shape index (κ1) is 12.5. The molecule has 0 saturated heterocycles. The standard InChI is InChI=1S/C15H14N4O/c20-14(13-3-1-2-6-17-13)15-18-10-12(19-15)9-11-4-7-16-8-5-11/h1-8,10,14,20H,9H2,(H,18,19). The molecular weight excluding hydrogens is 252 g/mol. The minimum absolute atomic E-state index is 0.507. The second-order valence-corrected chi connectivity index (χ2v) is 4.48. The van der Waals surface area contributed by atoms with Crippen molar-refractivity contribution in [2.45, 2.75) is 12.5 Å². The molecule has 0 fully saturated rings. The van der Waals surface area contributed by atoms with Gasteiger partial charge in [0.15, 0.2) is 6.10 Å². The summed E-state index contributed by atoms with van der Waals surface area (Å²) in [5.74, 6) is 0.507. The Morgan fingerprint density at radius 2 is 1.90 bits per heavy atom. The summed E-state index contributed by atoms with van der Waals surface area (Å²) in [7, 11) is 0. The molecule has 1 unspecified atom stereocenters. The number of hydrogen-bond donors (Lipinski definition) is 2. The lowest BCUT2D eigenvalue weighted by Crippen LogP contribution is -2.04. The summed E-state index contributed by atoms with van der Waals surface area (Å²) in [6.07, 6.45) is 6.80. The van der Waals surface area contributed by atoms with Crippen LogP contribution in [-0.4, -0.2) is 25.0 Å². The second kappa shape index (κ2) is 5.63. The lowest BCUT2D eigenvalue weighted by molar-refractivity contribution is 0.206. The number of aliphatic hydroxyl groups is 1. The van der Waals surface area contributed by atoms with Crippen molar-refractivity contribution in [2.24, 2.45) is 0 Å². The van der Waals surface area contributed by atoms with E-state index in [1.807, 2.05) is 24.3 Å². The molecule has 3 aromatic heterocycles. The van der Waals surface area contributed by atoms with Gasteiger partial charge in [0.2, 0.25) is 0 Å². The summed E-state index contributed by atoms with van der Waals surface area (Å²) >= 11 is 0. The Kier molecular flexibility index (Phi) is 3.52. The molecule has 0 aromatic carbocycles. The number of nitrogens with zero attached hydrogens (tertiary/aromatic N) is 3. The molecule has 3 heterocycles. The van der Waals surface area contributed by atoms with Gasteiger partial charge in [-0.3, -0.25) is 9.97 Å². The number of aromatic nitrogens is 4. The average molecular weight is 266 g/mol. The molecule has 3 rings (SSSR count). The zero-order chi connectivity index (χ0) is 13.8. The highest BCUT2D eigenvalue weighted by molar-refractivity contribution is 5.21. The van der Waals surface area contributed by atoms with Crippen molar-refractivity contribution < 1.29 is 5.11 Å². The monoisotopic (exact) mass is 266 g/mol. The molecule has 0 spiro atoms. The molecule has 0 aliphatic rings. The number of imidazole rings is 1. The lowest BCUT2D eigenvalue weighted by Gasteiger charge is -2.06. The molecular formula is C15H14N4O. The third-order valence-electron chi connectivity index (χ3n) is 3.02. The third kappa shape index (κ3) is 2.73. The van der Waals surface area contributed by atoms with E-state index in [0.717, 1.165) is 17.7 Å². The average Bonchev–Trinajstić information content (AvgIpc) is 2.97. The topological polar surface area (TPSA) is 74.7 Å². The maximum absolute atomic E-state index is 10.2. The van der Waals surface area contributed by atoms with Crippen LogP contribution in [0.15, 0.2) is 55.1 Å². The maximum Gasteiger partial charge on any atom is 0.153 e. The summed E-state index contributed by atoms with van der Waals surface area (Å²) in [6, 6.07) is 9.33. The molecule has 5 heteroatoms. The molecule has 0 aliphatic heterocycles. The maximum atomic E-state index is 10.2. The van der Waals surface area contributed by atoms with E-state index in [-0.39, 0.29) is 0 Å². The predicted octanol–water partition coefficient (Wildman–Crippen LogP) is 1.87. The van der Waals surface area contributed by atoms with Gasteiger partial charge in [-0.1, -0.05) is 6.07 Å². The van der Waals surface area contributed by atoms with Gasteiger partial charge < -0.3 is 10.1 Å². The van der Waals surface area contributed by atoms with Crippen LogP contribution < -0.4 is 0 Å². The van der Waals surface area contributed by atoms with Crippen LogP contribution in [0.4, 0.5) is 0 Å². The van der Waals surface area contributed by atoms with Crippen molar-refractivity contribution in [3.8, 4) is 0 Å². The molecule has 0 saturated carbocycles. The summed E-state index contributed by atoms with van der Waals surface area (Å²) in [4.78, 5) is 15.5. The summed E-state index contributed by atoms with van der Waals surface area (Å²) in [5.41, 5.74) is 2.67. The number of nitrogens with one attached hydrogen (secondary N) is 1. The molecule has 0 bridgehead atoms. The van der Waals surface area contributed by atoms with Crippen LogP contribution in [-0.2, 0) is 6.42 Å². The van der Waals surface area contributed by atoms with E-state index >= 15 is 0 Å². The summed E-state index contributed by atoms with van der Waals surface area (Å²) in [6.45, 7) is 0. The van der Waals surface area contributed by atoms with E-state index in [1.54, 1.807) is 30.9 Å². The zero-order valence-corrected chi connectivity index (χ0v) is 10.8. The normalized spacial score (nSPS) is 12.2. The Morgan fingerprint density at radius 3 is 2.65 bits per heavy atom. The number of rotatable bonds is 4. The van der Waals surface area contributed by atoms with E-state index in [1.165, 1.54) is 0 Å². The Morgan fingerprint density at radius 1 is 1.05 bits per heavy atom. The fraction of sp³-hybridized carbons (Fsp3) is 0.133. The molecule has 100 valence electrons. The van der Waals surface area contributed by atoms with Crippen molar-refractivity contribution in [3.05, 3.63) is 77.9 Å². The first-order chi connectivity index (χ1) is 9.83. The van der Waals surface area contributed by atoms with Crippen LogP contribution in [0, 0.1) is 0 Å². The van der Waals surface area contributed by atoms with Gasteiger partial charge >= 0.3 is 0 Å². The van der Waals surface area contributed by atoms with Crippen molar-refractivity contribution in [1.82, 2.24) is 19.9 Å². The number of hydrogen-bond acceptors (Lipinski definition) is 4. The zero-order valence-electron chi connectivity index (χ0n) is 10.8. The number of aliphatic hydroxyl groups excluding tert-OH is 1. The molecule has 5 nitrogen and oxygen atoms in total. The first-order valence-electron chi connectivity index (χ1n) is 6.34. The van der Waals surface area contributed by atoms with Gasteiger partial charge in [0.25, 0.3) is 0 Å². The van der Waals surface area contributed by atoms with Gasteiger partial charge in [0, 0.05) is 36.9 Å². The van der Waals surface area contributed by atoms with Gasteiger partial charge in [-0.15, -0.1) is 0 Å². The van der Waals surface area contributed by atoms with Crippen LogP contribution in [0.3, 0.4) is 0 Å². The highest BCUT2D eigenvalue weighted by Crippen LogP contribution is 2.17. The Hall–Kier alpha value is -2.53. The highest BCUT2D eigenvalue weighted by atomic mass is 16.3. The van der Waals surface area contributed by atoms with Gasteiger partial charge in [0.05, 0.1) is 5.69 Å². The Balaban J connectivity index is 1.77. The first-order valence-corrected chi connectivity index (χ1v) is 6.34. The van der Waals surface area contributed by atoms with E-state index in [4.69, 9.17) is 0 Å². The number of aromatic amines is 1.